The summed E-state index contributed by atoms with van der Waals surface area (Å²) in [5.74, 6) is 1.02. The van der Waals surface area contributed by atoms with Crippen LogP contribution in [0.2, 0.25) is 0 Å². The quantitative estimate of drug-likeness (QED) is 0.235. The molecule has 0 spiro atoms. The molecule has 0 N–H and O–H groups in total. The predicted octanol–water partition coefficient (Wildman–Crippen LogP) is 9.32. The van der Waals surface area contributed by atoms with Gasteiger partial charge in [0.25, 0.3) is 0 Å². The number of rotatable bonds is 4. The Kier molecular flexibility index (Phi) is 5.10. The Bertz CT molecular complexity index is 2160. The highest BCUT2D eigenvalue weighted by atomic mass is 16.4. The van der Waals surface area contributed by atoms with E-state index in [9.17, 15) is 0 Å². The van der Waals surface area contributed by atoms with Gasteiger partial charge in [0.2, 0.25) is 11.8 Å². The van der Waals surface area contributed by atoms with E-state index in [4.69, 9.17) is 4.42 Å². The fraction of sp³-hybridized carbons (Fsp3) is 0. The van der Waals surface area contributed by atoms with E-state index in [1.807, 2.05) is 42.5 Å². The normalized spacial score (nSPS) is 11.5. The lowest BCUT2D eigenvalue weighted by molar-refractivity contribution is 0.584. The summed E-state index contributed by atoms with van der Waals surface area (Å²) in [4.78, 5) is 0. The van der Waals surface area contributed by atoms with Crippen molar-refractivity contribution in [2.24, 2.45) is 0 Å². The Morgan fingerprint density at radius 2 is 1.02 bits per heavy atom. The third-order valence-electron chi connectivity index (χ3n) is 7.57. The van der Waals surface area contributed by atoms with Crippen LogP contribution < -0.4 is 0 Å². The van der Waals surface area contributed by atoms with Gasteiger partial charge in [-0.05, 0) is 82.6 Å². The van der Waals surface area contributed by atoms with Crippen LogP contribution in [0.15, 0.2) is 144 Å². The molecule has 2 heterocycles. The number of hydrogen-bond donors (Lipinski definition) is 0. The molecule has 4 nitrogen and oxygen atoms in total. The predicted molar refractivity (Wildman–Crippen MR) is 162 cm³/mol. The second kappa shape index (κ2) is 9.07. The second-order valence-electron chi connectivity index (χ2n) is 9.97. The molecular formula is C36H23N3O. The molecule has 0 aliphatic carbocycles. The molecule has 0 saturated carbocycles. The number of benzene rings is 6. The van der Waals surface area contributed by atoms with Crippen LogP contribution in [0.25, 0.3) is 72.3 Å². The average Bonchev–Trinajstić information content (AvgIpc) is 3.65. The second-order valence-corrected chi connectivity index (χ2v) is 9.97. The lowest BCUT2D eigenvalue weighted by atomic mass is 9.99. The van der Waals surface area contributed by atoms with Crippen molar-refractivity contribution in [1.29, 1.82) is 0 Å². The summed E-state index contributed by atoms with van der Waals surface area (Å²) < 4.78 is 8.30. The number of para-hydroxylation sites is 1. The van der Waals surface area contributed by atoms with E-state index >= 15 is 0 Å². The molecule has 8 rings (SSSR count). The first-order valence-electron chi connectivity index (χ1n) is 13.3. The molecular weight excluding hydrogens is 490 g/mol. The van der Waals surface area contributed by atoms with Crippen LogP contribution in [-0.4, -0.2) is 14.8 Å². The molecule has 0 aliphatic heterocycles. The molecule has 0 fully saturated rings. The fourth-order valence-electron chi connectivity index (χ4n) is 5.59. The average molecular weight is 514 g/mol. The molecule has 0 bridgehead atoms. The van der Waals surface area contributed by atoms with Gasteiger partial charge < -0.3 is 8.98 Å². The summed E-state index contributed by atoms with van der Waals surface area (Å²) >= 11 is 0. The number of fused-ring (bicyclic) bond motifs is 4. The molecule has 4 heteroatoms. The van der Waals surface area contributed by atoms with Crippen LogP contribution in [0.1, 0.15) is 0 Å². The molecule has 6 aromatic carbocycles. The molecule has 0 unspecified atom stereocenters. The Labute approximate surface area is 230 Å². The van der Waals surface area contributed by atoms with Crippen LogP contribution in [-0.2, 0) is 0 Å². The van der Waals surface area contributed by atoms with Crippen molar-refractivity contribution < 1.29 is 4.42 Å². The first kappa shape index (κ1) is 22.5. The van der Waals surface area contributed by atoms with E-state index in [0.29, 0.717) is 11.8 Å². The monoisotopic (exact) mass is 513 g/mol. The highest BCUT2D eigenvalue weighted by molar-refractivity contribution is 6.10. The number of nitrogens with zero attached hydrogens (tertiary/aromatic N) is 3. The van der Waals surface area contributed by atoms with Crippen LogP contribution in [0.4, 0.5) is 0 Å². The van der Waals surface area contributed by atoms with Crippen LogP contribution in [0, 0.1) is 0 Å². The Morgan fingerprint density at radius 1 is 0.425 bits per heavy atom. The van der Waals surface area contributed by atoms with Gasteiger partial charge in [-0.2, -0.15) is 0 Å². The van der Waals surface area contributed by atoms with Gasteiger partial charge >= 0.3 is 0 Å². The topological polar surface area (TPSA) is 43.9 Å². The smallest absolute Gasteiger partial charge is 0.248 e. The van der Waals surface area contributed by atoms with Crippen molar-refractivity contribution in [1.82, 2.24) is 14.8 Å². The van der Waals surface area contributed by atoms with Gasteiger partial charge in [0.05, 0.1) is 11.0 Å². The third kappa shape index (κ3) is 3.69. The summed E-state index contributed by atoms with van der Waals surface area (Å²) in [7, 11) is 0. The van der Waals surface area contributed by atoms with Crippen molar-refractivity contribution in [3.05, 3.63) is 140 Å². The van der Waals surface area contributed by atoms with E-state index in [0.717, 1.165) is 16.8 Å². The van der Waals surface area contributed by atoms with E-state index in [1.54, 1.807) is 0 Å². The minimum Gasteiger partial charge on any atom is -0.416 e. The zero-order chi connectivity index (χ0) is 26.5. The zero-order valence-corrected chi connectivity index (χ0v) is 21.5. The minimum atomic E-state index is 0.507. The van der Waals surface area contributed by atoms with E-state index in [-0.39, 0.29) is 0 Å². The molecule has 8 aromatic rings. The van der Waals surface area contributed by atoms with Gasteiger partial charge in [-0.3, -0.25) is 0 Å². The van der Waals surface area contributed by atoms with Gasteiger partial charge in [0.1, 0.15) is 0 Å². The Balaban J connectivity index is 1.21. The summed E-state index contributed by atoms with van der Waals surface area (Å²) in [6, 6.07) is 48.7. The lowest BCUT2D eigenvalue weighted by Gasteiger charge is -2.09. The van der Waals surface area contributed by atoms with Crippen molar-refractivity contribution >= 4 is 32.6 Å². The zero-order valence-electron chi connectivity index (χ0n) is 21.5. The van der Waals surface area contributed by atoms with Gasteiger partial charge in [0, 0.05) is 27.6 Å². The maximum atomic E-state index is 5.98. The van der Waals surface area contributed by atoms with E-state index < -0.39 is 0 Å². The molecule has 2 aromatic heterocycles. The number of hydrogen-bond acceptors (Lipinski definition) is 3. The summed E-state index contributed by atoms with van der Waals surface area (Å²) in [6.07, 6.45) is 0. The summed E-state index contributed by atoms with van der Waals surface area (Å²) in [5.41, 5.74) is 7.64. The van der Waals surface area contributed by atoms with E-state index in [1.165, 1.54) is 43.7 Å². The molecule has 40 heavy (non-hydrogen) atoms. The highest BCUT2D eigenvalue weighted by Crippen LogP contribution is 2.36. The Morgan fingerprint density at radius 3 is 1.85 bits per heavy atom. The van der Waals surface area contributed by atoms with Gasteiger partial charge in [-0.15, -0.1) is 10.2 Å². The largest absolute Gasteiger partial charge is 0.416 e. The molecule has 0 aliphatic rings. The standard InChI is InChI=1S/C36H23N3O/c1-2-9-25(10-3-1)35-37-38-36(40-35)26-16-19-30(20-17-26)39-33-13-7-6-12-31(33)32-23-29(18-21-34(32)39)28-15-14-24-8-4-5-11-27(24)22-28/h1-23H. The first-order chi connectivity index (χ1) is 19.8. The SMILES string of the molecule is c1ccc(-c2nnc(-c3ccc(-n4c5ccccc5c5cc(-c6ccc7ccccc7c6)ccc54)cc3)o2)cc1. The highest BCUT2D eigenvalue weighted by Gasteiger charge is 2.15. The maximum absolute atomic E-state index is 5.98. The van der Waals surface area contributed by atoms with Crippen molar-refractivity contribution in [3.8, 4) is 39.7 Å². The van der Waals surface area contributed by atoms with E-state index in [2.05, 4.69) is 112 Å². The molecule has 0 amide bonds. The van der Waals surface area contributed by atoms with Gasteiger partial charge in [0.15, 0.2) is 0 Å². The molecule has 0 atom stereocenters. The van der Waals surface area contributed by atoms with Crippen molar-refractivity contribution in [2.45, 2.75) is 0 Å². The van der Waals surface area contributed by atoms with Gasteiger partial charge in [-0.1, -0.05) is 78.9 Å². The fourth-order valence-corrected chi connectivity index (χ4v) is 5.59. The molecule has 0 saturated heterocycles. The van der Waals surface area contributed by atoms with Crippen LogP contribution in [0.5, 0.6) is 0 Å². The Hall–Kier alpha value is -5.48. The maximum Gasteiger partial charge on any atom is 0.248 e. The first-order valence-corrected chi connectivity index (χ1v) is 13.3. The van der Waals surface area contributed by atoms with Crippen molar-refractivity contribution in [2.75, 3.05) is 0 Å². The summed E-state index contributed by atoms with van der Waals surface area (Å²) in [5, 5.41) is 13.5. The lowest BCUT2D eigenvalue weighted by Crippen LogP contribution is -1.93. The summed E-state index contributed by atoms with van der Waals surface area (Å²) in [6.45, 7) is 0. The van der Waals surface area contributed by atoms with Gasteiger partial charge in [-0.25, -0.2) is 0 Å². The minimum absolute atomic E-state index is 0.507. The molecule has 0 radical (unpaired) electrons. The number of aromatic nitrogens is 3. The molecule has 188 valence electrons. The van der Waals surface area contributed by atoms with Crippen LogP contribution in [0.3, 0.4) is 0 Å². The third-order valence-corrected chi connectivity index (χ3v) is 7.57. The van der Waals surface area contributed by atoms with Crippen LogP contribution >= 0.6 is 0 Å². The van der Waals surface area contributed by atoms with Crippen molar-refractivity contribution in [3.63, 3.8) is 0 Å².